The first-order chi connectivity index (χ1) is 12.1. The largest absolute Gasteiger partial charge is 0.423 e. The molecule has 124 valence electrons. The highest BCUT2D eigenvalue weighted by Crippen LogP contribution is 2.29. The Morgan fingerprint density at radius 2 is 2.08 bits per heavy atom. The Morgan fingerprint density at radius 3 is 2.88 bits per heavy atom. The number of fused-ring (bicyclic) bond motifs is 1. The minimum absolute atomic E-state index is 0.0920. The Bertz CT molecular complexity index is 1090. The van der Waals surface area contributed by atoms with Gasteiger partial charge in [-0.05, 0) is 30.3 Å². The highest BCUT2D eigenvalue weighted by Gasteiger charge is 2.15. The summed E-state index contributed by atoms with van der Waals surface area (Å²) in [4.78, 5) is 25.9. The van der Waals surface area contributed by atoms with Crippen molar-refractivity contribution in [1.82, 2.24) is 15.0 Å². The Morgan fingerprint density at radius 1 is 1.20 bits per heavy atom. The van der Waals surface area contributed by atoms with Crippen LogP contribution in [0.25, 0.3) is 21.7 Å². The Labute approximate surface area is 150 Å². The second kappa shape index (κ2) is 6.15. The van der Waals surface area contributed by atoms with E-state index in [9.17, 15) is 4.79 Å². The molecule has 1 aromatic carbocycles. The maximum absolute atomic E-state index is 12.4. The highest BCUT2D eigenvalue weighted by molar-refractivity contribution is 7.17. The Balaban J connectivity index is 1.58. The molecule has 0 radical (unpaired) electrons. The second-order valence-electron chi connectivity index (χ2n) is 5.02. The van der Waals surface area contributed by atoms with E-state index in [0.717, 1.165) is 4.88 Å². The number of nitrogens with two attached hydrogens (primary N) is 1. The Hall–Kier alpha value is -2.97. The lowest BCUT2D eigenvalue weighted by Crippen LogP contribution is -2.10. The Kier molecular flexibility index (Phi) is 3.83. The number of benzene rings is 1. The molecule has 3 aromatic heterocycles. The summed E-state index contributed by atoms with van der Waals surface area (Å²) in [6.45, 7) is 0. The van der Waals surface area contributed by atoms with E-state index in [1.807, 2.05) is 0 Å². The number of amides is 1. The normalized spacial score (nSPS) is 10.9. The molecule has 0 unspecified atom stereocenters. The molecule has 1 amide bonds. The van der Waals surface area contributed by atoms with Gasteiger partial charge in [0.25, 0.3) is 5.91 Å². The van der Waals surface area contributed by atoms with Crippen LogP contribution >= 0.6 is 22.9 Å². The lowest BCUT2D eigenvalue weighted by atomic mass is 10.3. The average molecular weight is 372 g/mol. The number of oxazole rings is 1. The van der Waals surface area contributed by atoms with Gasteiger partial charge in [0.2, 0.25) is 5.95 Å². The number of nitrogens with one attached hydrogen (secondary N) is 1. The molecule has 4 rings (SSSR count). The number of aromatic nitrogens is 3. The average Bonchev–Trinajstić information content (AvgIpc) is 3.22. The van der Waals surface area contributed by atoms with Gasteiger partial charge in [-0.2, -0.15) is 4.98 Å². The third kappa shape index (κ3) is 3.04. The van der Waals surface area contributed by atoms with Gasteiger partial charge in [0, 0.05) is 6.20 Å². The number of anilines is 2. The van der Waals surface area contributed by atoms with Crippen LogP contribution in [0.3, 0.4) is 0 Å². The summed E-state index contributed by atoms with van der Waals surface area (Å²) >= 11 is 7.33. The molecule has 0 spiro atoms. The minimum Gasteiger partial charge on any atom is -0.423 e. The van der Waals surface area contributed by atoms with Crippen LogP contribution in [0, 0.1) is 0 Å². The standard InChI is InChI=1S/C16H10ClN5O2S/c17-8-2-1-3-10-13(8)21-16(24-10)22-14(23)12-5-4-11(25-12)9-6-7-19-15(18)20-9/h1-7H,(H2,18,19,20)(H,21,22,23). The van der Waals surface area contributed by atoms with Crippen molar-refractivity contribution in [2.75, 3.05) is 11.1 Å². The fourth-order valence-corrected chi connectivity index (χ4v) is 3.31. The molecule has 0 aliphatic rings. The first-order valence-electron chi connectivity index (χ1n) is 7.15. The third-order valence-electron chi connectivity index (χ3n) is 3.35. The number of nitrogens with zero attached hydrogens (tertiary/aromatic N) is 3. The number of rotatable bonds is 3. The van der Waals surface area contributed by atoms with Crippen LogP contribution in [0.2, 0.25) is 5.02 Å². The molecule has 0 aliphatic carbocycles. The fraction of sp³-hybridized carbons (Fsp3) is 0. The molecule has 0 saturated heterocycles. The number of nitrogen functional groups attached to an aromatic ring is 1. The van der Waals surface area contributed by atoms with Gasteiger partial charge in [-0.1, -0.05) is 17.7 Å². The maximum atomic E-state index is 12.4. The van der Waals surface area contributed by atoms with Gasteiger partial charge in [0.1, 0.15) is 5.52 Å². The molecular formula is C16H10ClN5O2S. The lowest BCUT2D eigenvalue weighted by molar-refractivity contribution is 0.102. The molecule has 0 atom stereocenters. The summed E-state index contributed by atoms with van der Waals surface area (Å²) < 4.78 is 5.49. The summed E-state index contributed by atoms with van der Waals surface area (Å²) in [5.41, 5.74) is 7.25. The van der Waals surface area contributed by atoms with Crippen molar-refractivity contribution < 1.29 is 9.21 Å². The zero-order valence-corrected chi connectivity index (χ0v) is 14.1. The van der Waals surface area contributed by atoms with Gasteiger partial charge in [-0.3, -0.25) is 10.1 Å². The van der Waals surface area contributed by atoms with Gasteiger partial charge in [-0.15, -0.1) is 11.3 Å². The monoisotopic (exact) mass is 371 g/mol. The quantitative estimate of drug-likeness (QED) is 0.566. The summed E-state index contributed by atoms with van der Waals surface area (Å²) in [6.07, 6.45) is 1.57. The molecule has 25 heavy (non-hydrogen) atoms. The molecular weight excluding hydrogens is 362 g/mol. The van der Waals surface area contributed by atoms with Crippen molar-refractivity contribution in [3.63, 3.8) is 0 Å². The van der Waals surface area contributed by atoms with E-state index in [0.29, 0.717) is 26.7 Å². The van der Waals surface area contributed by atoms with E-state index in [1.165, 1.54) is 11.3 Å². The SMILES string of the molecule is Nc1nccc(-c2ccc(C(=O)Nc3nc4c(Cl)cccc4o3)s2)n1. The predicted molar refractivity (Wildman–Crippen MR) is 96.7 cm³/mol. The molecule has 0 bridgehead atoms. The van der Waals surface area contributed by atoms with Crippen LogP contribution in [0.1, 0.15) is 9.67 Å². The van der Waals surface area contributed by atoms with Crippen LogP contribution in [-0.4, -0.2) is 20.9 Å². The summed E-state index contributed by atoms with van der Waals surface area (Å²) in [5, 5.41) is 3.09. The number of carbonyl (C=O) groups is 1. The first-order valence-corrected chi connectivity index (χ1v) is 8.35. The smallest absolute Gasteiger partial charge is 0.302 e. The summed E-state index contributed by atoms with van der Waals surface area (Å²) in [5.74, 6) is -0.152. The van der Waals surface area contributed by atoms with Gasteiger partial charge >= 0.3 is 6.01 Å². The van der Waals surface area contributed by atoms with E-state index in [2.05, 4.69) is 20.3 Å². The fourth-order valence-electron chi connectivity index (χ4n) is 2.24. The third-order valence-corrected chi connectivity index (χ3v) is 4.76. The predicted octanol–water partition coefficient (Wildman–Crippen LogP) is 3.83. The van der Waals surface area contributed by atoms with Crippen molar-refractivity contribution in [3.8, 4) is 10.6 Å². The number of carbonyl (C=O) groups excluding carboxylic acids is 1. The van der Waals surface area contributed by atoms with Crippen LogP contribution in [-0.2, 0) is 0 Å². The van der Waals surface area contributed by atoms with Crippen molar-refractivity contribution in [2.24, 2.45) is 0 Å². The zero-order valence-electron chi connectivity index (χ0n) is 12.6. The van der Waals surface area contributed by atoms with E-state index in [1.54, 1.807) is 42.6 Å². The van der Waals surface area contributed by atoms with Crippen molar-refractivity contribution in [1.29, 1.82) is 0 Å². The van der Waals surface area contributed by atoms with Gasteiger partial charge in [0.05, 0.1) is 20.5 Å². The van der Waals surface area contributed by atoms with E-state index in [4.69, 9.17) is 21.8 Å². The second-order valence-corrected chi connectivity index (χ2v) is 6.51. The van der Waals surface area contributed by atoms with E-state index in [-0.39, 0.29) is 17.9 Å². The van der Waals surface area contributed by atoms with Gasteiger partial charge < -0.3 is 10.2 Å². The number of hydrogen-bond acceptors (Lipinski definition) is 7. The molecule has 0 aliphatic heterocycles. The van der Waals surface area contributed by atoms with Crippen molar-refractivity contribution in [2.45, 2.75) is 0 Å². The topological polar surface area (TPSA) is 107 Å². The summed E-state index contributed by atoms with van der Waals surface area (Å²) in [6, 6.07) is 10.5. The number of thiophene rings is 1. The summed E-state index contributed by atoms with van der Waals surface area (Å²) in [7, 11) is 0. The molecule has 4 aromatic rings. The maximum Gasteiger partial charge on any atom is 0.302 e. The van der Waals surface area contributed by atoms with E-state index < -0.39 is 0 Å². The molecule has 7 nitrogen and oxygen atoms in total. The molecule has 0 fully saturated rings. The number of halogens is 1. The zero-order chi connectivity index (χ0) is 17.4. The van der Waals surface area contributed by atoms with Crippen LogP contribution in [0.4, 0.5) is 12.0 Å². The minimum atomic E-state index is -0.332. The van der Waals surface area contributed by atoms with Crippen LogP contribution < -0.4 is 11.1 Å². The molecule has 0 saturated carbocycles. The van der Waals surface area contributed by atoms with Crippen molar-refractivity contribution in [3.05, 3.63) is 52.5 Å². The first kappa shape index (κ1) is 15.6. The van der Waals surface area contributed by atoms with Gasteiger partial charge in [-0.25, -0.2) is 9.97 Å². The van der Waals surface area contributed by atoms with Crippen molar-refractivity contribution >= 4 is 51.9 Å². The molecule has 9 heteroatoms. The highest BCUT2D eigenvalue weighted by atomic mass is 35.5. The van der Waals surface area contributed by atoms with Crippen LogP contribution in [0.15, 0.2) is 47.0 Å². The number of hydrogen-bond donors (Lipinski definition) is 2. The lowest BCUT2D eigenvalue weighted by Gasteiger charge is -1.98. The molecule has 3 heterocycles. The number of para-hydroxylation sites is 1. The molecule has 3 N–H and O–H groups in total. The van der Waals surface area contributed by atoms with Gasteiger partial charge in [0.15, 0.2) is 5.58 Å². The van der Waals surface area contributed by atoms with Crippen LogP contribution in [0.5, 0.6) is 0 Å². The van der Waals surface area contributed by atoms with E-state index >= 15 is 0 Å².